The SMILES string of the molecule is C(#CCN1CCCC1)CN1CCCC1.[Br-].[Br-]. The summed E-state index contributed by atoms with van der Waals surface area (Å²) in [7, 11) is 0. The van der Waals surface area contributed by atoms with Gasteiger partial charge in [-0.25, -0.2) is 0 Å². The third-order valence-electron chi connectivity index (χ3n) is 3.13. The molecule has 0 atom stereocenters. The lowest BCUT2D eigenvalue weighted by Crippen LogP contribution is -3.00. The van der Waals surface area contributed by atoms with Crippen LogP contribution in [0.5, 0.6) is 0 Å². The monoisotopic (exact) mass is 350 g/mol. The fourth-order valence-corrected chi connectivity index (χ4v) is 2.22. The smallest absolute Gasteiger partial charge is 0.0602 e. The van der Waals surface area contributed by atoms with E-state index in [0.29, 0.717) is 0 Å². The van der Waals surface area contributed by atoms with Gasteiger partial charge in [0.2, 0.25) is 0 Å². The van der Waals surface area contributed by atoms with Gasteiger partial charge in [-0.1, -0.05) is 11.8 Å². The molecule has 0 aromatic carbocycles. The first-order valence-corrected chi connectivity index (χ1v) is 5.85. The molecule has 0 aromatic rings. The Morgan fingerprint density at radius 2 is 0.938 bits per heavy atom. The molecule has 0 saturated carbocycles. The molecule has 2 aliphatic rings. The first kappa shape index (κ1) is 16.4. The van der Waals surface area contributed by atoms with E-state index in [4.69, 9.17) is 0 Å². The molecule has 0 aliphatic carbocycles. The van der Waals surface area contributed by atoms with Gasteiger partial charge in [0.15, 0.2) is 0 Å². The van der Waals surface area contributed by atoms with Crippen molar-refractivity contribution in [3.8, 4) is 11.8 Å². The van der Waals surface area contributed by atoms with Gasteiger partial charge in [-0.15, -0.1) is 0 Å². The van der Waals surface area contributed by atoms with Crippen LogP contribution in [-0.2, 0) is 0 Å². The average Bonchev–Trinajstić information content (AvgIpc) is 2.86. The Bertz CT molecular complexity index is 201. The molecule has 2 aliphatic heterocycles. The van der Waals surface area contributed by atoms with Gasteiger partial charge < -0.3 is 34.0 Å². The fraction of sp³-hybridized carbons (Fsp3) is 0.833. The van der Waals surface area contributed by atoms with Crippen LogP contribution in [0.2, 0.25) is 0 Å². The molecule has 2 fully saturated rings. The summed E-state index contributed by atoms with van der Waals surface area (Å²) in [6, 6.07) is 0. The van der Waals surface area contributed by atoms with E-state index in [0.717, 1.165) is 13.1 Å². The minimum atomic E-state index is 0. The summed E-state index contributed by atoms with van der Waals surface area (Å²) in [6.45, 7) is 7.04. The molecule has 16 heavy (non-hydrogen) atoms. The van der Waals surface area contributed by atoms with Crippen LogP contribution in [0.25, 0.3) is 0 Å². The molecule has 94 valence electrons. The maximum absolute atomic E-state index is 3.29. The number of hydrogen-bond donors (Lipinski definition) is 0. The first-order chi connectivity index (χ1) is 6.95. The summed E-state index contributed by atoms with van der Waals surface area (Å²) in [5.74, 6) is 6.58. The van der Waals surface area contributed by atoms with Gasteiger partial charge in [0.25, 0.3) is 0 Å². The molecular formula is C12H20Br2N2-2. The van der Waals surface area contributed by atoms with E-state index in [1.54, 1.807) is 0 Å². The van der Waals surface area contributed by atoms with E-state index in [1.165, 1.54) is 51.9 Å². The quantitative estimate of drug-likeness (QED) is 0.461. The normalized spacial score (nSPS) is 20.8. The maximum Gasteiger partial charge on any atom is 0.0602 e. The Balaban J connectivity index is 0.00000112. The Morgan fingerprint density at radius 3 is 1.25 bits per heavy atom. The third kappa shape index (κ3) is 5.67. The molecule has 2 rings (SSSR count). The summed E-state index contributed by atoms with van der Waals surface area (Å²) >= 11 is 0. The maximum atomic E-state index is 3.29. The fourth-order valence-electron chi connectivity index (χ4n) is 2.22. The van der Waals surface area contributed by atoms with Crippen molar-refractivity contribution in [2.75, 3.05) is 39.3 Å². The van der Waals surface area contributed by atoms with E-state index >= 15 is 0 Å². The van der Waals surface area contributed by atoms with Gasteiger partial charge in [0.05, 0.1) is 13.1 Å². The van der Waals surface area contributed by atoms with Crippen molar-refractivity contribution in [3.63, 3.8) is 0 Å². The summed E-state index contributed by atoms with van der Waals surface area (Å²) in [5.41, 5.74) is 0. The highest BCUT2D eigenvalue weighted by Gasteiger charge is 2.10. The van der Waals surface area contributed by atoms with Gasteiger partial charge in [0, 0.05) is 0 Å². The lowest BCUT2D eigenvalue weighted by Gasteiger charge is -2.10. The Kier molecular flexibility index (Phi) is 9.73. The second-order valence-electron chi connectivity index (χ2n) is 4.32. The summed E-state index contributed by atoms with van der Waals surface area (Å²) < 4.78 is 0. The van der Waals surface area contributed by atoms with Crippen LogP contribution in [0.3, 0.4) is 0 Å². The molecule has 0 aromatic heterocycles. The molecule has 0 N–H and O–H groups in total. The average molecular weight is 352 g/mol. The standard InChI is InChI=1S/C12H20N2.2BrH/c1-2-8-13(7-1)11-5-6-12-14-9-3-4-10-14;;/h1-4,7-12H2;2*1H/p-2. The van der Waals surface area contributed by atoms with E-state index in [1.807, 2.05) is 0 Å². The van der Waals surface area contributed by atoms with Crippen LogP contribution in [0.4, 0.5) is 0 Å². The zero-order valence-corrected chi connectivity index (χ0v) is 12.9. The molecule has 0 radical (unpaired) electrons. The second kappa shape index (κ2) is 9.47. The van der Waals surface area contributed by atoms with Crippen LogP contribution in [0, 0.1) is 11.8 Å². The molecule has 2 heterocycles. The van der Waals surface area contributed by atoms with Gasteiger partial charge in [-0.2, -0.15) is 0 Å². The Labute approximate surface area is 120 Å². The van der Waals surface area contributed by atoms with Crippen molar-refractivity contribution in [2.24, 2.45) is 0 Å². The molecule has 0 unspecified atom stereocenters. The topological polar surface area (TPSA) is 6.48 Å². The van der Waals surface area contributed by atoms with E-state index in [-0.39, 0.29) is 34.0 Å². The van der Waals surface area contributed by atoms with Gasteiger partial charge in [-0.3, -0.25) is 9.80 Å². The van der Waals surface area contributed by atoms with E-state index in [2.05, 4.69) is 21.6 Å². The van der Waals surface area contributed by atoms with Crippen LogP contribution >= 0.6 is 0 Å². The first-order valence-electron chi connectivity index (χ1n) is 5.85. The third-order valence-corrected chi connectivity index (χ3v) is 3.13. The highest BCUT2D eigenvalue weighted by Crippen LogP contribution is 2.06. The highest BCUT2D eigenvalue weighted by atomic mass is 79.9. The zero-order valence-electron chi connectivity index (χ0n) is 9.72. The minimum Gasteiger partial charge on any atom is -1.00 e. The number of rotatable bonds is 2. The van der Waals surface area contributed by atoms with E-state index < -0.39 is 0 Å². The van der Waals surface area contributed by atoms with Crippen molar-refractivity contribution < 1.29 is 34.0 Å². The summed E-state index contributed by atoms with van der Waals surface area (Å²) in [4.78, 5) is 4.91. The minimum absolute atomic E-state index is 0. The van der Waals surface area contributed by atoms with Crippen molar-refractivity contribution in [3.05, 3.63) is 0 Å². The Hall–Kier alpha value is 0.440. The van der Waals surface area contributed by atoms with Crippen molar-refractivity contribution in [1.82, 2.24) is 9.80 Å². The van der Waals surface area contributed by atoms with Gasteiger partial charge >= 0.3 is 0 Å². The van der Waals surface area contributed by atoms with Crippen molar-refractivity contribution >= 4 is 0 Å². The summed E-state index contributed by atoms with van der Waals surface area (Å²) in [6.07, 6.45) is 5.48. The number of halogens is 2. The summed E-state index contributed by atoms with van der Waals surface area (Å²) in [5, 5.41) is 0. The molecular weight excluding hydrogens is 332 g/mol. The lowest BCUT2D eigenvalue weighted by atomic mass is 10.4. The van der Waals surface area contributed by atoms with E-state index in [9.17, 15) is 0 Å². The Morgan fingerprint density at radius 1 is 0.625 bits per heavy atom. The van der Waals surface area contributed by atoms with Crippen LogP contribution in [-0.4, -0.2) is 49.1 Å². The predicted octanol–water partition coefficient (Wildman–Crippen LogP) is -4.81. The zero-order chi connectivity index (χ0) is 9.64. The molecule has 0 spiro atoms. The highest BCUT2D eigenvalue weighted by molar-refractivity contribution is 5.04. The molecule has 4 heteroatoms. The second-order valence-corrected chi connectivity index (χ2v) is 4.32. The molecule has 0 amide bonds. The van der Waals surface area contributed by atoms with Gasteiger partial charge in [0.1, 0.15) is 0 Å². The molecule has 0 bridgehead atoms. The number of nitrogens with zero attached hydrogens (tertiary/aromatic N) is 2. The molecule has 2 nitrogen and oxygen atoms in total. The van der Waals surface area contributed by atoms with Crippen LogP contribution in [0.15, 0.2) is 0 Å². The largest absolute Gasteiger partial charge is 1.00 e. The van der Waals surface area contributed by atoms with Crippen molar-refractivity contribution in [1.29, 1.82) is 0 Å². The number of hydrogen-bond acceptors (Lipinski definition) is 2. The number of likely N-dealkylation sites (tertiary alicyclic amines) is 2. The predicted molar refractivity (Wildman–Crippen MR) is 59.1 cm³/mol. The lowest BCUT2D eigenvalue weighted by molar-refractivity contribution is -0.00100. The van der Waals surface area contributed by atoms with Crippen molar-refractivity contribution in [2.45, 2.75) is 25.7 Å². The van der Waals surface area contributed by atoms with Crippen LogP contribution in [0.1, 0.15) is 25.7 Å². The van der Waals surface area contributed by atoms with Crippen LogP contribution < -0.4 is 34.0 Å². The van der Waals surface area contributed by atoms with Gasteiger partial charge in [-0.05, 0) is 51.9 Å². The molecule has 2 saturated heterocycles.